The third-order valence-corrected chi connectivity index (χ3v) is 3.80. The van der Waals surface area contributed by atoms with Crippen molar-refractivity contribution in [2.75, 3.05) is 13.7 Å². The number of nitrogens with one attached hydrogen (secondary N) is 2. The lowest BCUT2D eigenvalue weighted by atomic mass is 10.1. The average molecular weight is 325 g/mol. The fourth-order valence-electron chi connectivity index (χ4n) is 2.32. The molecule has 1 atom stereocenters. The highest BCUT2D eigenvalue weighted by molar-refractivity contribution is 5.93. The summed E-state index contributed by atoms with van der Waals surface area (Å²) in [4.78, 5) is 16.2. The minimum atomic E-state index is -0.186. The highest BCUT2D eigenvalue weighted by atomic mass is 16.5. The third-order valence-electron chi connectivity index (χ3n) is 3.80. The standard InChI is InChI=1S/C17H19N5O2/c1-12(22-8-7-18-11-22)10-19-17(23)16-9-15(20-21-16)13-3-5-14(24-2)6-4-13/h3-9,11-12H,10H2,1-2H3,(H,19,23)(H,20,21). The normalized spacial score (nSPS) is 11.9. The maximum Gasteiger partial charge on any atom is 0.269 e. The van der Waals surface area contributed by atoms with E-state index >= 15 is 0 Å². The van der Waals surface area contributed by atoms with Gasteiger partial charge in [-0.15, -0.1) is 0 Å². The van der Waals surface area contributed by atoms with Gasteiger partial charge < -0.3 is 14.6 Å². The van der Waals surface area contributed by atoms with Crippen LogP contribution in [0.15, 0.2) is 49.1 Å². The maximum absolute atomic E-state index is 12.2. The van der Waals surface area contributed by atoms with Crippen molar-refractivity contribution < 1.29 is 9.53 Å². The number of methoxy groups -OCH3 is 1. The molecule has 24 heavy (non-hydrogen) atoms. The summed E-state index contributed by atoms with van der Waals surface area (Å²) in [6.07, 6.45) is 5.32. The Morgan fingerprint density at radius 2 is 2.17 bits per heavy atom. The Hall–Kier alpha value is -3.09. The molecule has 2 aromatic heterocycles. The minimum absolute atomic E-state index is 0.125. The van der Waals surface area contributed by atoms with Crippen LogP contribution in [0, 0.1) is 0 Å². The molecule has 124 valence electrons. The van der Waals surface area contributed by atoms with Gasteiger partial charge >= 0.3 is 0 Å². The molecule has 1 unspecified atom stereocenters. The van der Waals surface area contributed by atoms with Crippen LogP contribution in [0.5, 0.6) is 5.75 Å². The molecule has 0 fully saturated rings. The highest BCUT2D eigenvalue weighted by Gasteiger charge is 2.12. The smallest absolute Gasteiger partial charge is 0.269 e. The number of hydrogen-bond donors (Lipinski definition) is 2. The number of rotatable bonds is 6. The molecule has 0 aliphatic heterocycles. The molecule has 0 radical (unpaired) electrons. The SMILES string of the molecule is COc1ccc(-c2cc(C(=O)NCC(C)n3ccnc3)[nH]n2)cc1. The summed E-state index contributed by atoms with van der Waals surface area (Å²) in [6, 6.07) is 9.38. The Balaban J connectivity index is 1.62. The second kappa shape index (κ2) is 6.99. The first-order chi connectivity index (χ1) is 11.7. The molecule has 0 saturated carbocycles. The molecule has 3 rings (SSSR count). The van der Waals surface area contributed by atoms with E-state index < -0.39 is 0 Å². The first-order valence-electron chi connectivity index (χ1n) is 7.63. The third kappa shape index (κ3) is 3.45. The van der Waals surface area contributed by atoms with E-state index in [4.69, 9.17) is 4.74 Å². The van der Waals surface area contributed by atoms with Crippen molar-refractivity contribution in [1.82, 2.24) is 25.1 Å². The summed E-state index contributed by atoms with van der Waals surface area (Å²) >= 11 is 0. The van der Waals surface area contributed by atoms with Gasteiger partial charge in [0.1, 0.15) is 11.4 Å². The largest absolute Gasteiger partial charge is 0.497 e. The number of hydrogen-bond acceptors (Lipinski definition) is 4. The number of H-pyrrole nitrogens is 1. The number of carbonyl (C=O) groups excluding carboxylic acids is 1. The van der Waals surface area contributed by atoms with E-state index in [1.165, 1.54) is 0 Å². The van der Waals surface area contributed by atoms with E-state index in [0.29, 0.717) is 17.9 Å². The van der Waals surface area contributed by atoms with Crippen LogP contribution in [0.2, 0.25) is 0 Å². The number of imidazole rings is 1. The van der Waals surface area contributed by atoms with Gasteiger partial charge in [-0.2, -0.15) is 5.10 Å². The van der Waals surface area contributed by atoms with Gasteiger partial charge in [0, 0.05) is 30.5 Å². The van der Waals surface area contributed by atoms with Gasteiger partial charge in [0.05, 0.1) is 19.1 Å². The van der Waals surface area contributed by atoms with E-state index in [9.17, 15) is 4.79 Å². The summed E-state index contributed by atoms with van der Waals surface area (Å²) in [5, 5.41) is 9.87. The van der Waals surface area contributed by atoms with Gasteiger partial charge in [0.25, 0.3) is 5.91 Å². The molecular weight excluding hydrogens is 306 g/mol. The summed E-state index contributed by atoms with van der Waals surface area (Å²) in [6.45, 7) is 2.52. The van der Waals surface area contributed by atoms with Crippen LogP contribution in [0.3, 0.4) is 0 Å². The molecule has 0 saturated heterocycles. The average Bonchev–Trinajstić information content (AvgIpc) is 3.31. The molecule has 1 aromatic carbocycles. The van der Waals surface area contributed by atoms with E-state index in [1.54, 1.807) is 25.7 Å². The van der Waals surface area contributed by atoms with Crippen molar-refractivity contribution >= 4 is 5.91 Å². The molecule has 0 aliphatic carbocycles. The van der Waals surface area contributed by atoms with Gasteiger partial charge in [0.15, 0.2) is 0 Å². The predicted molar refractivity (Wildman–Crippen MR) is 89.8 cm³/mol. The number of aromatic amines is 1. The zero-order valence-electron chi connectivity index (χ0n) is 13.6. The number of carbonyl (C=O) groups is 1. The molecule has 0 bridgehead atoms. The zero-order valence-corrected chi connectivity index (χ0v) is 13.6. The summed E-state index contributed by atoms with van der Waals surface area (Å²) in [7, 11) is 1.62. The lowest BCUT2D eigenvalue weighted by Crippen LogP contribution is -2.29. The quantitative estimate of drug-likeness (QED) is 0.728. The first kappa shape index (κ1) is 15.8. The van der Waals surface area contributed by atoms with Gasteiger partial charge in [-0.3, -0.25) is 9.89 Å². The van der Waals surface area contributed by atoms with Crippen LogP contribution in [0.1, 0.15) is 23.5 Å². The van der Waals surface area contributed by atoms with Crippen LogP contribution in [-0.2, 0) is 0 Å². The lowest BCUT2D eigenvalue weighted by molar-refractivity contribution is 0.0943. The van der Waals surface area contributed by atoms with E-state index in [1.807, 2.05) is 42.0 Å². The fourth-order valence-corrected chi connectivity index (χ4v) is 2.32. The molecule has 3 aromatic rings. The Labute approximate surface area is 139 Å². The van der Waals surface area contributed by atoms with Crippen molar-refractivity contribution in [2.45, 2.75) is 13.0 Å². The maximum atomic E-state index is 12.2. The van der Waals surface area contributed by atoms with Crippen LogP contribution in [-0.4, -0.2) is 39.3 Å². The number of benzene rings is 1. The van der Waals surface area contributed by atoms with Crippen LogP contribution < -0.4 is 10.1 Å². The van der Waals surface area contributed by atoms with Crippen molar-refractivity contribution in [3.8, 4) is 17.0 Å². The first-order valence-corrected chi connectivity index (χ1v) is 7.63. The Bertz CT molecular complexity index is 793. The molecular formula is C17H19N5O2. The van der Waals surface area contributed by atoms with Crippen molar-refractivity contribution in [3.05, 3.63) is 54.7 Å². The topological polar surface area (TPSA) is 84.8 Å². The van der Waals surface area contributed by atoms with Crippen LogP contribution in [0.25, 0.3) is 11.3 Å². The van der Waals surface area contributed by atoms with Gasteiger partial charge in [-0.1, -0.05) is 0 Å². The Kier molecular flexibility index (Phi) is 4.60. The zero-order chi connectivity index (χ0) is 16.9. The fraction of sp³-hybridized carbons (Fsp3) is 0.235. The molecule has 1 amide bonds. The van der Waals surface area contributed by atoms with E-state index in [2.05, 4.69) is 20.5 Å². The Morgan fingerprint density at radius 3 is 2.83 bits per heavy atom. The summed E-state index contributed by atoms with van der Waals surface area (Å²) in [5.74, 6) is 0.593. The molecule has 7 nitrogen and oxygen atoms in total. The van der Waals surface area contributed by atoms with Crippen molar-refractivity contribution in [2.24, 2.45) is 0 Å². The second-order valence-corrected chi connectivity index (χ2v) is 5.46. The van der Waals surface area contributed by atoms with E-state index in [-0.39, 0.29) is 11.9 Å². The number of ether oxygens (including phenoxy) is 1. The van der Waals surface area contributed by atoms with E-state index in [0.717, 1.165) is 11.3 Å². The number of amides is 1. The molecule has 7 heteroatoms. The second-order valence-electron chi connectivity index (χ2n) is 5.46. The Morgan fingerprint density at radius 1 is 1.38 bits per heavy atom. The predicted octanol–water partition coefficient (Wildman–Crippen LogP) is 2.27. The molecule has 0 spiro atoms. The van der Waals surface area contributed by atoms with Crippen LogP contribution >= 0.6 is 0 Å². The molecule has 0 aliphatic rings. The van der Waals surface area contributed by atoms with Crippen molar-refractivity contribution in [3.63, 3.8) is 0 Å². The molecule has 2 N–H and O–H groups in total. The molecule has 2 heterocycles. The van der Waals surface area contributed by atoms with Crippen molar-refractivity contribution in [1.29, 1.82) is 0 Å². The summed E-state index contributed by atoms with van der Waals surface area (Å²) < 4.78 is 7.08. The number of aromatic nitrogens is 4. The van der Waals surface area contributed by atoms with Crippen LogP contribution in [0.4, 0.5) is 0 Å². The van der Waals surface area contributed by atoms with Gasteiger partial charge in [-0.25, -0.2) is 4.98 Å². The van der Waals surface area contributed by atoms with Gasteiger partial charge in [0.2, 0.25) is 0 Å². The van der Waals surface area contributed by atoms with Gasteiger partial charge in [-0.05, 0) is 37.3 Å². The highest BCUT2D eigenvalue weighted by Crippen LogP contribution is 2.21. The number of nitrogens with zero attached hydrogens (tertiary/aromatic N) is 3. The lowest BCUT2D eigenvalue weighted by Gasteiger charge is -2.13. The summed E-state index contributed by atoms with van der Waals surface area (Å²) in [5.41, 5.74) is 2.06. The minimum Gasteiger partial charge on any atom is -0.497 e. The monoisotopic (exact) mass is 325 g/mol.